The lowest BCUT2D eigenvalue weighted by Gasteiger charge is -2.15. The summed E-state index contributed by atoms with van der Waals surface area (Å²) < 4.78 is 5.42. The number of hydrogen-bond donors (Lipinski definition) is 2. The molecule has 2 aromatic rings. The molecule has 0 aromatic carbocycles. The topological polar surface area (TPSA) is 98.5 Å². The molecule has 2 aliphatic rings. The van der Waals surface area contributed by atoms with Crippen molar-refractivity contribution in [1.82, 2.24) is 0 Å². The molecular weight excluding hydrogens is 396 g/mol. The van der Waals surface area contributed by atoms with Crippen LogP contribution in [0.5, 0.6) is 0 Å². The lowest BCUT2D eigenvalue weighted by atomic mass is 9.96. The molecule has 3 N–H and O–H groups in total. The Kier molecular flexibility index (Phi) is 5.25. The Bertz CT molecular complexity index is 960. The van der Waals surface area contributed by atoms with Crippen LogP contribution in [0.15, 0.2) is 5.38 Å². The molecule has 6 nitrogen and oxygen atoms in total. The third-order valence-corrected chi connectivity index (χ3v) is 7.63. The highest BCUT2D eigenvalue weighted by atomic mass is 32.1. The van der Waals surface area contributed by atoms with Crippen molar-refractivity contribution in [1.29, 1.82) is 0 Å². The number of aryl methyl sites for hydroxylation is 2. The van der Waals surface area contributed by atoms with Gasteiger partial charge in [-0.05, 0) is 63.0 Å². The van der Waals surface area contributed by atoms with Gasteiger partial charge in [-0.25, -0.2) is 4.79 Å². The average molecular weight is 419 g/mol. The molecular formula is C20H22N2O4S2. The van der Waals surface area contributed by atoms with Gasteiger partial charge in [0.2, 0.25) is 0 Å². The van der Waals surface area contributed by atoms with E-state index < -0.39 is 23.9 Å². The van der Waals surface area contributed by atoms with Crippen molar-refractivity contribution in [2.75, 3.05) is 5.32 Å². The van der Waals surface area contributed by atoms with Gasteiger partial charge >= 0.3 is 5.97 Å². The van der Waals surface area contributed by atoms with Gasteiger partial charge in [-0.15, -0.1) is 22.7 Å². The number of primary amides is 1. The van der Waals surface area contributed by atoms with Gasteiger partial charge in [0.1, 0.15) is 5.00 Å². The Morgan fingerprint density at radius 3 is 2.57 bits per heavy atom. The highest BCUT2D eigenvalue weighted by molar-refractivity contribution is 7.17. The van der Waals surface area contributed by atoms with Crippen LogP contribution in [0.4, 0.5) is 5.00 Å². The van der Waals surface area contributed by atoms with Crippen LogP contribution in [0.25, 0.3) is 0 Å². The van der Waals surface area contributed by atoms with E-state index >= 15 is 0 Å². The van der Waals surface area contributed by atoms with Gasteiger partial charge in [0.15, 0.2) is 6.10 Å². The molecule has 1 atom stereocenters. The Balaban J connectivity index is 1.45. The fourth-order valence-corrected chi connectivity index (χ4v) is 6.32. The van der Waals surface area contributed by atoms with Crippen molar-refractivity contribution in [3.63, 3.8) is 0 Å². The van der Waals surface area contributed by atoms with E-state index in [-0.39, 0.29) is 0 Å². The third-order valence-electron chi connectivity index (χ3n) is 5.34. The number of rotatable bonds is 5. The smallest absolute Gasteiger partial charge is 0.340 e. The maximum atomic E-state index is 12.6. The van der Waals surface area contributed by atoms with Crippen LogP contribution >= 0.6 is 22.7 Å². The van der Waals surface area contributed by atoms with E-state index in [1.54, 1.807) is 11.3 Å². The SMILES string of the molecule is C[C@H](OC(=O)c1csc2c1CCCC2)C(=O)Nc1sc2c(c1C(N)=O)CCC2. The van der Waals surface area contributed by atoms with Crippen LogP contribution in [0.3, 0.4) is 0 Å². The van der Waals surface area contributed by atoms with E-state index in [9.17, 15) is 14.4 Å². The second kappa shape index (κ2) is 7.67. The first-order valence-corrected chi connectivity index (χ1v) is 11.2. The number of anilines is 1. The first-order valence-electron chi connectivity index (χ1n) is 9.51. The maximum Gasteiger partial charge on any atom is 0.340 e. The summed E-state index contributed by atoms with van der Waals surface area (Å²) in [6, 6.07) is 0. The number of nitrogens with one attached hydrogen (secondary N) is 1. The summed E-state index contributed by atoms with van der Waals surface area (Å²) in [6.45, 7) is 1.54. The Labute approximate surface area is 171 Å². The van der Waals surface area contributed by atoms with Crippen molar-refractivity contribution in [2.45, 2.75) is 58.0 Å². The number of ether oxygens (including phenoxy) is 1. The highest BCUT2D eigenvalue weighted by Gasteiger charge is 2.29. The molecule has 2 heterocycles. The second-order valence-electron chi connectivity index (χ2n) is 7.22. The van der Waals surface area contributed by atoms with Crippen molar-refractivity contribution in [3.8, 4) is 0 Å². The van der Waals surface area contributed by atoms with E-state index in [1.165, 1.54) is 23.1 Å². The minimum atomic E-state index is -0.968. The number of nitrogens with two attached hydrogens (primary N) is 1. The zero-order valence-electron chi connectivity index (χ0n) is 15.6. The quantitative estimate of drug-likeness (QED) is 0.727. The summed E-state index contributed by atoms with van der Waals surface area (Å²) in [6.07, 6.45) is 5.82. The number of fused-ring (bicyclic) bond motifs is 2. The Morgan fingerprint density at radius 2 is 1.79 bits per heavy atom. The van der Waals surface area contributed by atoms with Gasteiger partial charge in [0.25, 0.3) is 11.8 Å². The number of esters is 1. The number of amides is 2. The summed E-state index contributed by atoms with van der Waals surface area (Å²) in [5.74, 6) is -1.46. The zero-order chi connectivity index (χ0) is 19.8. The van der Waals surface area contributed by atoms with Crippen LogP contribution in [-0.2, 0) is 35.2 Å². The van der Waals surface area contributed by atoms with E-state index in [2.05, 4.69) is 5.32 Å². The second-order valence-corrected chi connectivity index (χ2v) is 9.29. The average Bonchev–Trinajstić information content (AvgIpc) is 3.34. The normalized spacial score (nSPS) is 16.2. The van der Waals surface area contributed by atoms with Gasteiger partial charge in [0, 0.05) is 15.1 Å². The van der Waals surface area contributed by atoms with E-state index in [0.717, 1.165) is 60.9 Å². The summed E-state index contributed by atoms with van der Waals surface area (Å²) in [4.78, 5) is 39.3. The number of carbonyl (C=O) groups is 3. The molecule has 0 saturated heterocycles. The molecule has 0 unspecified atom stereocenters. The summed E-state index contributed by atoms with van der Waals surface area (Å²) in [5, 5.41) is 5.03. The zero-order valence-corrected chi connectivity index (χ0v) is 17.3. The van der Waals surface area contributed by atoms with Gasteiger partial charge in [-0.1, -0.05) is 0 Å². The van der Waals surface area contributed by atoms with E-state index in [1.807, 2.05) is 5.38 Å². The molecule has 28 heavy (non-hydrogen) atoms. The lowest BCUT2D eigenvalue weighted by Crippen LogP contribution is -2.30. The van der Waals surface area contributed by atoms with Crippen molar-refractivity contribution < 1.29 is 19.1 Å². The molecule has 148 valence electrons. The number of carbonyl (C=O) groups excluding carboxylic acids is 3. The molecule has 0 bridgehead atoms. The van der Waals surface area contributed by atoms with Crippen molar-refractivity contribution in [3.05, 3.63) is 37.4 Å². The largest absolute Gasteiger partial charge is 0.449 e. The first kappa shape index (κ1) is 19.1. The fraction of sp³-hybridized carbons (Fsp3) is 0.450. The number of hydrogen-bond acceptors (Lipinski definition) is 6. The molecule has 4 rings (SSSR count). The number of thiophene rings is 2. The van der Waals surface area contributed by atoms with Gasteiger partial charge in [0.05, 0.1) is 11.1 Å². The minimum Gasteiger partial charge on any atom is -0.449 e. The molecule has 0 saturated carbocycles. The third kappa shape index (κ3) is 3.46. The predicted octanol–water partition coefficient (Wildman–Crippen LogP) is 3.46. The Hall–Kier alpha value is -2.19. The van der Waals surface area contributed by atoms with E-state index in [0.29, 0.717) is 16.1 Å². The molecule has 8 heteroatoms. The predicted molar refractivity (Wildman–Crippen MR) is 109 cm³/mol. The first-order chi connectivity index (χ1) is 13.5. The van der Waals surface area contributed by atoms with Crippen LogP contribution in [0, 0.1) is 0 Å². The standard InChI is InChI=1S/C20H22N2O4S2/c1-10(26-20(25)13-9-27-14-7-3-2-5-11(13)14)18(24)22-19-16(17(21)23)12-6-4-8-15(12)28-19/h9-10H,2-8H2,1H3,(H2,21,23)(H,22,24)/t10-/m0/s1. The van der Waals surface area contributed by atoms with Gasteiger partial charge in [-0.2, -0.15) is 0 Å². The summed E-state index contributed by atoms with van der Waals surface area (Å²) >= 11 is 2.97. The van der Waals surface area contributed by atoms with Gasteiger partial charge < -0.3 is 15.8 Å². The van der Waals surface area contributed by atoms with Crippen LogP contribution in [0.1, 0.15) is 67.8 Å². The fourth-order valence-electron chi connectivity index (χ4n) is 3.91. The van der Waals surface area contributed by atoms with Gasteiger partial charge in [-0.3, -0.25) is 9.59 Å². The minimum absolute atomic E-state index is 0.399. The molecule has 2 aliphatic carbocycles. The van der Waals surface area contributed by atoms with Crippen molar-refractivity contribution in [2.24, 2.45) is 5.73 Å². The highest BCUT2D eigenvalue weighted by Crippen LogP contribution is 2.39. The summed E-state index contributed by atoms with van der Waals surface area (Å²) in [7, 11) is 0. The Morgan fingerprint density at radius 1 is 1.07 bits per heavy atom. The van der Waals surface area contributed by atoms with Crippen molar-refractivity contribution >= 4 is 45.5 Å². The molecule has 0 fully saturated rings. The summed E-state index contributed by atoms with van der Waals surface area (Å²) in [5.41, 5.74) is 8.52. The van der Waals surface area contributed by atoms with E-state index in [4.69, 9.17) is 10.5 Å². The molecule has 0 radical (unpaired) electrons. The monoisotopic (exact) mass is 418 g/mol. The van der Waals surface area contributed by atoms with Crippen LogP contribution in [0.2, 0.25) is 0 Å². The molecule has 0 aliphatic heterocycles. The lowest BCUT2D eigenvalue weighted by molar-refractivity contribution is -0.123. The maximum absolute atomic E-state index is 12.6. The molecule has 2 aromatic heterocycles. The molecule has 0 spiro atoms. The molecule has 2 amide bonds. The van der Waals surface area contributed by atoms with Crippen LogP contribution in [-0.4, -0.2) is 23.9 Å². The van der Waals surface area contributed by atoms with Crippen LogP contribution < -0.4 is 11.1 Å².